The third-order valence-corrected chi connectivity index (χ3v) is 6.50. The molecule has 33 heavy (non-hydrogen) atoms. The van der Waals surface area contributed by atoms with Gasteiger partial charge >= 0.3 is 0 Å². The van der Waals surface area contributed by atoms with Crippen molar-refractivity contribution in [2.75, 3.05) is 4.90 Å². The average Bonchev–Trinajstić information content (AvgIpc) is 3.36. The van der Waals surface area contributed by atoms with Gasteiger partial charge < -0.3 is 5.11 Å². The van der Waals surface area contributed by atoms with Crippen molar-refractivity contribution >= 4 is 56.1 Å². The van der Waals surface area contributed by atoms with Gasteiger partial charge in [-0.1, -0.05) is 65.4 Å². The Morgan fingerprint density at radius 2 is 1.94 bits per heavy atom. The number of hydrogen-bond acceptors (Lipinski definition) is 6. The van der Waals surface area contributed by atoms with E-state index in [0.29, 0.717) is 21.2 Å². The van der Waals surface area contributed by atoms with Crippen LogP contribution < -0.4 is 4.90 Å². The second kappa shape index (κ2) is 8.61. The minimum Gasteiger partial charge on any atom is -0.503 e. The van der Waals surface area contributed by atoms with E-state index in [9.17, 15) is 14.7 Å². The van der Waals surface area contributed by atoms with Crippen LogP contribution in [0.5, 0.6) is 0 Å². The van der Waals surface area contributed by atoms with Crippen LogP contribution in [0.4, 0.5) is 5.13 Å². The number of halogens is 1. The first-order valence-electron chi connectivity index (χ1n) is 10.0. The van der Waals surface area contributed by atoms with Crippen molar-refractivity contribution in [2.24, 2.45) is 0 Å². The van der Waals surface area contributed by atoms with Gasteiger partial charge in [0.15, 0.2) is 16.7 Å². The number of nitrogens with zero attached hydrogens (tertiary/aromatic N) is 3. The molecule has 6 nitrogen and oxygen atoms in total. The lowest BCUT2D eigenvalue weighted by Gasteiger charge is -2.23. The van der Waals surface area contributed by atoms with E-state index in [1.807, 2.05) is 30.3 Å². The number of pyridine rings is 1. The molecule has 1 atom stereocenters. The molecule has 0 saturated heterocycles. The molecular weight excluding hydrogens is 458 g/mol. The fourth-order valence-electron chi connectivity index (χ4n) is 3.72. The Kier molecular flexibility index (Phi) is 5.50. The number of hydrogen-bond donors (Lipinski definition) is 1. The van der Waals surface area contributed by atoms with Crippen LogP contribution in [0.15, 0.2) is 90.5 Å². The third kappa shape index (κ3) is 3.92. The molecular formula is C25H16ClN3O3S. The van der Waals surface area contributed by atoms with Gasteiger partial charge in [0.05, 0.1) is 21.8 Å². The lowest BCUT2D eigenvalue weighted by atomic mass is 9.97. The topological polar surface area (TPSA) is 83.4 Å². The predicted molar refractivity (Wildman–Crippen MR) is 129 cm³/mol. The normalized spacial score (nSPS) is 16.3. The number of anilines is 1. The van der Waals surface area contributed by atoms with Crippen LogP contribution in [-0.4, -0.2) is 26.8 Å². The van der Waals surface area contributed by atoms with E-state index in [2.05, 4.69) is 9.97 Å². The highest BCUT2D eigenvalue weighted by molar-refractivity contribution is 7.22. The molecule has 0 bridgehead atoms. The molecule has 0 spiro atoms. The van der Waals surface area contributed by atoms with Crippen molar-refractivity contribution in [3.63, 3.8) is 0 Å². The van der Waals surface area contributed by atoms with E-state index in [4.69, 9.17) is 11.6 Å². The van der Waals surface area contributed by atoms with Crippen LogP contribution in [0.2, 0.25) is 5.02 Å². The van der Waals surface area contributed by atoms with E-state index in [1.165, 1.54) is 22.3 Å². The zero-order valence-corrected chi connectivity index (χ0v) is 18.6. The third-order valence-electron chi connectivity index (χ3n) is 5.25. The van der Waals surface area contributed by atoms with Crippen LogP contribution in [0.3, 0.4) is 0 Å². The van der Waals surface area contributed by atoms with Crippen molar-refractivity contribution in [3.05, 3.63) is 107 Å². The van der Waals surface area contributed by atoms with Crippen LogP contribution in [0, 0.1) is 0 Å². The second-order valence-electron chi connectivity index (χ2n) is 7.34. The Bertz CT molecular complexity index is 1430. The first kappa shape index (κ1) is 21.1. The first-order valence-corrected chi connectivity index (χ1v) is 11.2. The monoisotopic (exact) mass is 473 g/mol. The van der Waals surface area contributed by atoms with Gasteiger partial charge in [-0.2, -0.15) is 0 Å². The summed E-state index contributed by atoms with van der Waals surface area (Å²) in [5, 5.41) is 11.7. The Morgan fingerprint density at radius 1 is 1.12 bits per heavy atom. The molecule has 5 rings (SSSR count). The van der Waals surface area contributed by atoms with E-state index in [-0.39, 0.29) is 5.57 Å². The molecule has 0 fully saturated rings. The molecule has 2 aromatic heterocycles. The summed E-state index contributed by atoms with van der Waals surface area (Å²) < 4.78 is 0.790. The highest BCUT2D eigenvalue weighted by Gasteiger charge is 2.45. The van der Waals surface area contributed by atoms with Gasteiger partial charge in [0.1, 0.15) is 0 Å². The largest absolute Gasteiger partial charge is 0.503 e. The number of rotatable bonds is 5. The Balaban J connectivity index is 1.59. The average molecular weight is 474 g/mol. The van der Waals surface area contributed by atoms with Crippen molar-refractivity contribution in [3.8, 4) is 0 Å². The molecule has 3 heterocycles. The smallest absolute Gasteiger partial charge is 0.296 e. The number of aromatic nitrogens is 2. The predicted octanol–water partition coefficient (Wildman–Crippen LogP) is 5.53. The molecule has 4 aromatic rings. The summed E-state index contributed by atoms with van der Waals surface area (Å²) in [5.41, 5.74) is 2.06. The van der Waals surface area contributed by atoms with Gasteiger partial charge in [-0.05, 0) is 41.5 Å². The number of carbonyl (C=O) groups excluding carboxylic acids is 2. The van der Waals surface area contributed by atoms with Crippen LogP contribution in [0.1, 0.15) is 17.2 Å². The summed E-state index contributed by atoms with van der Waals surface area (Å²) in [4.78, 5) is 36.4. The minimum absolute atomic E-state index is 0.0162. The number of thiazole rings is 1. The van der Waals surface area contributed by atoms with Gasteiger partial charge in [-0.25, -0.2) is 4.98 Å². The number of allylic oxidation sites excluding steroid dienone is 1. The van der Waals surface area contributed by atoms with Crippen molar-refractivity contribution in [2.45, 2.75) is 6.04 Å². The number of fused-ring (bicyclic) bond motifs is 1. The lowest BCUT2D eigenvalue weighted by molar-refractivity contribution is -0.117. The Morgan fingerprint density at radius 3 is 2.70 bits per heavy atom. The molecule has 1 amide bonds. The summed E-state index contributed by atoms with van der Waals surface area (Å²) in [6.45, 7) is 0. The van der Waals surface area contributed by atoms with E-state index in [0.717, 1.165) is 10.3 Å². The molecule has 162 valence electrons. The summed E-state index contributed by atoms with van der Waals surface area (Å²) >= 11 is 7.36. The van der Waals surface area contributed by atoms with Crippen LogP contribution in [0.25, 0.3) is 16.3 Å². The highest BCUT2D eigenvalue weighted by Crippen LogP contribution is 2.43. The van der Waals surface area contributed by atoms with E-state index in [1.54, 1.807) is 48.8 Å². The standard InChI is InChI=1S/C25H16ClN3O3S/c26-17-9-10-18-20(13-17)33-25(28-18)29-22(16-7-4-12-27-14-16)21(23(31)24(29)32)19(30)11-8-15-5-2-1-3-6-15/h1-14,22,31H/b11-8+/t22-/m1/s1. The molecule has 8 heteroatoms. The number of ketones is 1. The minimum atomic E-state index is -0.866. The summed E-state index contributed by atoms with van der Waals surface area (Å²) in [5.74, 6) is -1.75. The quantitative estimate of drug-likeness (QED) is 0.385. The van der Waals surface area contributed by atoms with Crippen molar-refractivity contribution in [1.82, 2.24) is 9.97 Å². The molecule has 1 N–H and O–H groups in total. The van der Waals surface area contributed by atoms with Gasteiger partial charge in [-0.15, -0.1) is 0 Å². The SMILES string of the molecule is O=C(/C=C/c1ccccc1)C1=C(O)C(=O)N(c2nc3ccc(Cl)cc3s2)[C@@H]1c1cccnc1. The second-order valence-corrected chi connectivity index (χ2v) is 8.79. The van der Waals surface area contributed by atoms with Gasteiger partial charge in [0.2, 0.25) is 0 Å². The Hall–Kier alpha value is -3.81. The fraction of sp³-hybridized carbons (Fsp3) is 0.0400. The fourth-order valence-corrected chi connectivity index (χ4v) is 4.99. The van der Waals surface area contributed by atoms with Gasteiger partial charge in [-0.3, -0.25) is 19.5 Å². The summed E-state index contributed by atoms with van der Waals surface area (Å²) in [7, 11) is 0. The number of aliphatic hydroxyl groups is 1. The van der Waals surface area contributed by atoms with E-state index >= 15 is 0 Å². The number of amides is 1. The molecule has 0 unspecified atom stereocenters. The zero-order valence-electron chi connectivity index (χ0n) is 17.1. The number of carbonyl (C=O) groups is 2. The molecule has 0 saturated carbocycles. The lowest BCUT2D eigenvalue weighted by Crippen LogP contribution is -2.30. The maximum Gasteiger partial charge on any atom is 0.296 e. The first-order chi connectivity index (χ1) is 16.0. The van der Waals surface area contributed by atoms with Crippen LogP contribution in [-0.2, 0) is 9.59 Å². The maximum absolute atomic E-state index is 13.2. The van der Waals surface area contributed by atoms with Crippen molar-refractivity contribution < 1.29 is 14.7 Å². The molecule has 0 radical (unpaired) electrons. The number of benzene rings is 2. The maximum atomic E-state index is 13.2. The summed E-state index contributed by atoms with van der Waals surface area (Å²) in [6, 6.07) is 17.2. The Labute approximate surface area is 198 Å². The highest BCUT2D eigenvalue weighted by atomic mass is 35.5. The van der Waals surface area contributed by atoms with Crippen LogP contribution >= 0.6 is 22.9 Å². The van der Waals surface area contributed by atoms with E-state index < -0.39 is 23.5 Å². The van der Waals surface area contributed by atoms with Crippen molar-refractivity contribution in [1.29, 1.82) is 0 Å². The van der Waals surface area contributed by atoms with Gasteiger partial charge in [0.25, 0.3) is 5.91 Å². The zero-order chi connectivity index (χ0) is 22.9. The molecule has 0 aliphatic carbocycles. The molecule has 1 aliphatic rings. The summed E-state index contributed by atoms with van der Waals surface area (Å²) in [6.07, 6.45) is 6.18. The molecule has 2 aromatic carbocycles. The molecule has 1 aliphatic heterocycles. The number of aliphatic hydroxyl groups excluding tert-OH is 1. The van der Waals surface area contributed by atoms with Gasteiger partial charge in [0, 0.05) is 17.4 Å².